The molecule has 2 heteroatoms. The molecule has 1 aliphatic carbocycles. The highest BCUT2D eigenvalue weighted by atomic mass is 14.7. The van der Waals surface area contributed by atoms with Gasteiger partial charge in [-0.3, -0.25) is 4.99 Å². The van der Waals surface area contributed by atoms with Gasteiger partial charge in [0.1, 0.15) is 0 Å². The Balaban J connectivity index is 0.00000256. The van der Waals surface area contributed by atoms with E-state index in [1.54, 1.807) is 7.05 Å². The van der Waals surface area contributed by atoms with Crippen molar-refractivity contribution in [3.05, 3.63) is 140 Å². The van der Waals surface area contributed by atoms with Gasteiger partial charge < -0.3 is 14.9 Å². The van der Waals surface area contributed by atoms with Crippen LogP contribution in [0.2, 0.25) is 0 Å². The predicted octanol–water partition coefficient (Wildman–Crippen LogP) is 7.26. The van der Waals surface area contributed by atoms with Gasteiger partial charge in [0, 0.05) is 7.05 Å². The van der Waals surface area contributed by atoms with E-state index in [0.29, 0.717) is 0 Å². The van der Waals surface area contributed by atoms with E-state index < -0.39 is 0 Å². The second kappa shape index (κ2) is 11.6. The van der Waals surface area contributed by atoms with Crippen molar-refractivity contribution in [2.75, 3.05) is 7.05 Å². The fourth-order valence-electron chi connectivity index (χ4n) is 3.36. The minimum Gasteiger partial charge on any atom is -0.358 e. The summed E-state index contributed by atoms with van der Waals surface area (Å²) in [5.41, 5.74) is 8.18. The number of benzene rings is 3. The first-order chi connectivity index (χ1) is 14.3. The highest BCUT2D eigenvalue weighted by Gasteiger charge is 2.01. The van der Waals surface area contributed by atoms with Gasteiger partial charge in [-0.25, -0.2) is 4.99 Å². The van der Waals surface area contributed by atoms with Gasteiger partial charge in [0.25, 0.3) is 0 Å². The average Bonchev–Trinajstić information content (AvgIpc) is 2.78. The highest BCUT2D eigenvalue weighted by molar-refractivity contribution is 6.18. The Bertz CT molecular complexity index is 1060. The van der Waals surface area contributed by atoms with E-state index in [0.717, 1.165) is 30.0 Å². The Morgan fingerprint density at radius 1 is 0.548 bits per heavy atom. The minimum absolute atomic E-state index is 0. The molecule has 0 radical (unpaired) electrons. The van der Waals surface area contributed by atoms with Crippen molar-refractivity contribution in [2.24, 2.45) is 9.98 Å². The third-order valence-electron chi connectivity index (χ3n) is 4.98. The largest absolute Gasteiger partial charge is 1.00 e. The Morgan fingerprint density at radius 2 is 0.968 bits per heavy atom. The molecule has 0 saturated heterocycles. The molecule has 0 atom stereocenters. The van der Waals surface area contributed by atoms with Crippen molar-refractivity contribution >= 4 is 17.1 Å². The van der Waals surface area contributed by atoms with Crippen LogP contribution in [0.4, 0.5) is 5.69 Å². The zero-order valence-electron chi connectivity index (χ0n) is 20.6. The van der Waals surface area contributed by atoms with Crippen molar-refractivity contribution in [3.8, 4) is 0 Å². The normalized spacial score (nSPS) is 12.0. The summed E-state index contributed by atoms with van der Waals surface area (Å²) in [5.74, 6) is 0. The number of nitrogens with zero attached hydrogens (tertiary/aromatic N) is 2. The lowest BCUT2D eigenvalue weighted by Gasteiger charge is -2.06. The molecular weight excluding hydrogens is 376 g/mol. The molecule has 0 N–H and O–H groups in total. The average molecular weight is 409 g/mol. The van der Waals surface area contributed by atoms with Crippen LogP contribution in [-0.4, -0.2) is 18.5 Å². The standard InChI is InChI=1S/C27H24N2.2CH3/c1-28-25-15-17-27(18-16-25)29-26-13-11-24(12-14-26)20-23-9-7-22(8-10-23)19-21-5-3-2-4-6-21;;/h2-18H,19-20H2,1H3;2*1H3/q;2*-1/p+2. The van der Waals surface area contributed by atoms with E-state index in [1.165, 1.54) is 22.3 Å². The lowest BCUT2D eigenvalue weighted by Crippen LogP contribution is -1.99. The number of aliphatic imine (C=N–C) groups is 2. The maximum absolute atomic E-state index is 4.67. The molecule has 3 aromatic rings. The number of rotatable bonds is 5. The topological polar surface area (TPSA) is 24.7 Å². The summed E-state index contributed by atoms with van der Waals surface area (Å²) >= 11 is 0. The second-order valence-electron chi connectivity index (χ2n) is 7.17. The Hall–Kier alpha value is -3.52. The van der Waals surface area contributed by atoms with Crippen LogP contribution < -0.4 is 0 Å². The maximum Gasteiger partial charge on any atom is 1.00 e. The lowest BCUT2D eigenvalue weighted by molar-refractivity contribution is 1.15. The molecule has 0 amide bonds. The molecule has 0 fully saturated rings. The predicted molar refractivity (Wildman–Crippen MR) is 139 cm³/mol. The quantitative estimate of drug-likeness (QED) is 0.313. The summed E-state index contributed by atoms with van der Waals surface area (Å²) in [4.78, 5) is 8.83. The first-order valence-electron chi connectivity index (χ1n) is 9.91. The summed E-state index contributed by atoms with van der Waals surface area (Å²) in [6, 6.07) is 28.0. The summed E-state index contributed by atoms with van der Waals surface area (Å²) in [6.45, 7) is 0. The molecule has 4 rings (SSSR count). The van der Waals surface area contributed by atoms with Crippen LogP contribution in [-0.2, 0) is 12.8 Å². The van der Waals surface area contributed by atoms with Gasteiger partial charge in [0.2, 0.25) is 0 Å². The summed E-state index contributed by atoms with van der Waals surface area (Å²) < 4.78 is 0. The third kappa shape index (κ3) is 6.75. The van der Waals surface area contributed by atoms with E-state index >= 15 is 0 Å². The first-order valence-corrected chi connectivity index (χ1v) is 9.91. The molecule has 0 unspecified atom stereocenters. The second-order valence-corrected chi connectivity index (χ2v) is 7.17. The Morgan fingerprint density at radius 3 is 1.45 bits per heavy atom. The molecular formula is C29H32N2. The van der Waals surface area contributed by atoms with Crippen molar-refractivity contribution in [1.82, 2.24) is 0 Å². The maximum atomic E-state index is 4.67. The van der Waals surface area contributed by atoms with Gasteiger partial charge in [-0.2, -0.15) is 0 Å². The first kappa shape index (κ1) is 23.8. The van der Waals surface area contributed by atoms with Gasteiger partial charge in [0.05, 0.1) is 17.1 Å². The van der Waals surface area contributed by atoms with Crippen LogP contribution in [0.1, 0.15) is 25.1 Å². The Kier molecular flexibility index (Phi) is 8.90. The number of allylic oxidation sites excluding steroid dienone is 4. The van der Waals surface area contributed by atoms with Crippen LogP contribution in [0.25, 0.3) is 0 Å². The van der Waals surface area contributed by atoms with E-state index in [1.807, 2.05) is 24.3 Å². The number of hydrogen-bond donors (Lipinski definition) is 0. The van der Waals surface area contributed by atoms with Crippen molar-refractivity contribution < 1.29 is 2.85 Å². The molecule has 0 heterocycles. The van der Waals surface area contributed by atoms with Gasteiger partial charge in [-0.1, -0.05) is 66.7 Å². The van der Waals surface area contributed by atoms with Gasteiger partial charge in [0.15, 0.2) is 0 Å². The summed E-state index contributed by atoms with van der Waals surface area (Å²) in [6.07, 6.45) is 9.85. The molecule has 31 heavy (non-hydrogen) atoms. The van der Waals surface area contributed by atoms with Crippen LogP contribution in [0.15, 0.2) is 113 Å². The van der Waals surface area contributed by atoms with Crippen molar-refractivity contribution in [2.45, 2.75) is 12.8 Å². The van der Waals surface area contributed by atoms with Gasteiger partial charge >= 0.3 is 2.85 Å². The van der Waals surface area contributed by atoms with Crippen LogP contribution in [0.3, 0.4) is 0 Å². The molecule has 1 aliphatic rings. The molecule has 0 saturated carbocycles. The van der Waals surface area contributed by atoms with Crippen molar-refractivity contribution in [1.29, 1.82) is 0 Å². The van der Waals surface area contributed by atoms with Crippen LogP contribution in [0, 0.1) is 14.9 Å². The van der Waals surface area contributed by atoms with Crippen molar-refractivity contribution in [3.63, 3.8) is 0 Å². The molecule has 0 aromatic heterocycles. The highest BCUT2D eigenvalue weighted by Crippen LogP contribution is 2.18. The van der Waals surface area contributed by atoms with E-state index in [2.05, 4.69) is 88.8 Å². The molecule has 0 spiro atoms. The fourth-order valence-corrected chi connectivity index (χ4v) is 3.36. The molecule has 2 nitrogen and oxygen atoms in total. The molecule has 0 aliphatic heterocycles. The number of hydrogen-bond acceptors (Lipinski definition) is 2. The zero-order chi connectivity index (χ0) is 19.9. The molecule has 158 valence electrons. The van der Waals surface area contributed by atoms with E-state index in [-0.39, 0.29) is 17.7 Å². The SMILES string of the molecule is CN=C1C=CC(=Nc2ccc(Cc3ccc(Cc4ccccc4)cc3)cc2)C=C1.[CH3-].[CH3-].[H+].[H+]. The van der Waals surface area contributed by atoms with E-state index in [4.69, 9.17) is 0 Å². The fraction of sp³-hybridized carbons (Fsp3) is 0.103. The third-order valence-corrected chi connectivity index (χ3v) is 4.98. The Labute approximate surface area is 190 Å². The van der Waals surface area contributed by atoms with Gasteiger partial charge in [-0.05, 0) is 71.5 Å². The smallest absolute Gasteiger partial charge is 0.358 e. The minimum atomic E-state index is 0. The molecule has 3 aromatic carbocycles. The van der Waals surface area contributed by atoms with Crippen LogP contribution >= 0.6 is 0 Å². The lowest BCUT2D eigenvalue weighted by atomic mass is 10.0. The summed E-state index contributed by atoms with van der Waals surface area (Å²) in [7, 11) is 1.79. The van der Waals surface area contributed by atoms with Gasteiger partial charge in [-0.15, -0.1) is 0 Å². The summed E-state index contributed by atoms with van der Waals surface area (Å²) in [5, 5.41) is 0. The zero-order valence-corrected chi connectivity index (χ0v) is 18.6. The monoisotopic (exact) mass is 408 g/mol. The molecule has 0 bridgehead atoms. The van der Waals surface area contributed by atoms with E-state index in [9.17, 15) is 0 Å². The van der Waals surface area contributed by atoms with Crippen LogP contribution in [0.5, 0.6) is 0 Å².